The molecule has 4 rings (SSSR count). The molecule has 7 nitrogen and oxygen atoms in total. The number of rotatable bonds is 5. The van der Waals surface area contributed by atoms with Crippen LogP contribution in [0.4, 0.5) is 5.69 Å². The third-order valence-electron chi connectivity index (χ3n) is 6.58. The SMILES string of the molecule is COCC(=O)N[C@H]1CCN2C(=O)c3cc(C=Cc4ccc(C(C)(C)C)cc4)ccc3NC(=O)[C@@H]2C1. The molecule has 2 aromatic carbocycles. The van der Waals surface area contributed by atoms with Crippen molar-refractivity contribution in [1.29, 1.82) is 0 Å². The van der Waals surface area contributed by atoms with E-state index in [2.05, 4.69) is 55.7 Å². The number of carbonyl (C=O) groups is 3. The first-order chi connectivity index (χ1) is 16.7. The zero-order valence-corrected chi connectivity index (χ0v) is 20.8. The Labute approximate surface area is 206 Å². The number of amides is 3. The Kier molecular flexibility index (Phi) is 7.08. The van der Waals surface area contributed by atoms with Crippen LogP contribution in [-0.4, -0.2) is 55.0 Å². The van der Waals surface area contributed by atoms with Crippen molar-refractivity contribution in [2.24, 2.45) is 0 Å². The van der Waals surface area contributed by atoms with E-state index in [1.54, 1.807) is 11.0 Å². The van der Waals surface area contributed by atoms with E-state index in [-0.39, 0.29) is 35.8 Å². The molecule has 0 radical (unpaired) electrons. The molecule has 2 aliphatic heterocycles. The fourth-order valence-electron chi connectivity index (χ4n) is 4.60. The van der Waals surface area contributed by atoms with Gasteiger partial charge in [-0.3, -0.25) is 14.4 Å². The lowest BCUT2D eigenvalue weighted by atomic mass is 9.87. The van der Waals surface area contributed by atoms with Gasteiger partial charge in [-0.1, -0.05) is 63.3 Å². The van der Waals surface area contributed by atoms with Crippen LogP contribution in [0.3, 0.4) is 0 Å². The molecule has 2 atom stereocenters. The van der Waals surface area contributed by atoms with Crippen molar-refractivity contribution < 1.29 is 19.1 Å². The minimum atomic E-state index is -0.628. The van der Waals surface area contributed by atoms with Crippen molar-refractivity contribution in [1.82, 2.24) is 10.2 Å². The van der Waals surface area contributed by atoms with Crippen molar-refractivity contribution in [3.8, 4) is 0 Å². The van der Waals surface area contributed by atoms with Gasteiger partial charge in [-0.2, -0.15) is 0 Å². The van der Waals surface area contributed by atoms with Crippen LogP contribution < -0.4 is 10.6 Å². The Balaban J connectivity index is 1.51. The number of nitrogens with zero attached hydrogens (tertiary/aromatic N) is 1. The molecule has 0 bridgehead atoms. The van der Waals surface area contributed by atoms with Crippen molar-refractivity contribution in [2.45, 2.75) is 51.1 Å². The molecule has 0 saturated carbocycles. The van der Waals surface area contributed by atoms with Gasteiger partial charge < -0.3 is 20.3 Å². The second kappa shape index (κ2) is 10.0. The smallest absolute Gasteiger partial charge is 0.256 e. The van der Waals surface area contributed by atoms with Gasteiger partial charge in [-0.05, 0) is 47.1 Å². The summed E-state index contributed by atoms with van der Waals surface area (Å²) in [5, 5.41) is 5.80. The third kappa shape index (κ3) is 5.62. The van der Waals surface area contributed by atoms with Crippen LogP contribution in [0.25, 0.3) is 12.2 Å². The number of benzene rings is 2. The van der Waals surface area contributed by atoms with Gasteiger partial charge in [0, 0.05) is 19.7 Å². The van der Waals surface area contributed by atoms with Crippen LogP contribution in [0.2, 0.25) is 0 Å². The maximum atomic E-state index is 13.4. The highest BCUT2D eigenvalue weighted by Crippen LogP contribution is 2.30. The first kappa shape index (κ1) is 24.7. The summed E-state index contributed by atoms with van der Waals surface area (Å²) in [6.07, 6.45) is 4.95. The number of fused-ring (bicyclic) bond motifs is 2. The van der Waals surface area contributed by atoms with Crippen molar-refractivity contribution >= 4 is 35.6 Å². The average molecular weight is 476 g/mol. The molecular weight excluding hydrogens is 442 g/mol. The Morgan fingerprint density at radius 2 is 1.80 bits per heavy atom. The van der Waals surface area contributed by atoms with E-state index in [1.807, 2.05) is 24.3 Å². The molecular formula is C28H33N3O4. The predicted molar refractivity (Wildman–Crippen MR) is 137 cm³/mol. The lowest BCUT2D eigenvalue weighted by Gasteiger charge is -2.37. The Morgan fingerprint density at radius 1 is 1.11 bits per heavy atom. The fourth-order valence-corrected chi connectivity index (χ4v) is 4.60. The van der Waals surface area contributed by atoms with Gasteiger partial charge in [0.15, 0.2) is 0 Å². The third-order valence-corrected chi connectivity index (χ3v) is 6.58. The van der Waals surface area contributed by atoms with Crippen molar-refractivity contribution in [2.75, 3.05) is 25.6 Å². The molecule has 35 heavy (non-hydrogen) atoms. The van der Waals surface area contributed by atoms with Crippen molar-refractivity contribution in [3.05, 3.63) is 64.7 Å². The molecule has 2 aliphatic rings. The number of hydrogen-bond donors (Lipinski definition) is 2. The van der Waals surface area contributed by atoms with E-state index in [0.29, 0.717) is 30.6 Å². The summed E-state index contributed by atoms with van der Waals surface area (Å²) in [7, 11) is 1.46. The summed E-state index contributed by atoms with van der Waals surface area (Å²) >= 11 is 0. The van der Waals surface area contributed by atoms with Crippen LogP contribution in [0.1, 0.15) is 60.7 Å². The molecule has 3 amide bonds. The van der Waals surface area contributed by atoms with Crippen molar-refractivity contribution in [3.63, 3.8) is 0 Å². The van der Waals surface area contributed by atoms with Gasteiger partial charge in [0.05, 0.1) is 11.3 Å². The second-order valence-corrected chi connectivity index (χ2v) is 10.2. The van der Waals surface area contributed by atoms with Crippen LogP contribution in [0.15, 0.2) is 42.5 Å². The summed E-state index contributed by atoms with van der Waals surface area (Å²) in [5.41, 5.74) is 4.33. The van der Waals surface area contributed by atoms with E-state index in [1.165, 1.54) is 12.7 Å². The molecule has 2 N–H and O–H groups in total. The van der Waals surface area contributed by atoms with Crippen LogP contribution in [0, 0.1) is 0 Å². The first-order valence-electron chi connectivity index (χ1n) is 12.0. The van der Waals surface area contributed by atoms with Crippen LogP contribution in [-0.2, 0) is 19.7 Å². The van der Waals surface area contributed by atoms with Gasteiger partial charge in [0.25, 0.3) is 5.91 Å². The number of carbonyl (C=O) groups excluding carboxylic acids is 3. The topological polar surface area (TPSA) is 87.7 Å². The first-order valence-corrected chi connectivity index (χ1v) is 12.0. The van der Waals surface area contributed by atoms with Crippen LogP contribution in [0.5, 0.6) is 0 Å². The number of anilines is 1. The highest BCUT2D eigenvalue weighted by atomic mass is 16.5. The monoisotopic (exact) mass is 475 g/mol. The lowest BCUT2D eigenvalue weighted by molar-refractivity contribution is -0.127. The highest BCUT2D eigenvalue weighted by molar-refractivity contribution is 6.10. The van der Waals surface area contributed by atoms with Crippen LogP contribution >= 0.6 is 0 Å². The van der Waals surface area contributed by atoms with E-state index < -0.39 is 6.04 Å². The molecule has 0 unspecified atom stereocenters. The Hall–Kier alpha value is -3.45. The molecule has 7 heteroatoms. The minimum absolute atomic E-state index is 0.0293. The minimum Gasteiger partial charge on any atom is -0.375 e. The maximum absolute atomic E-state index is 13.4. The van der Waals surface area contributed by atoms with E-state index in [9.17, 15) is 14.4 Å². The van der Waals surface area contributed by atoms with Gasteiger partial charge in [-0.25, -0.2) is 0 Å². The number of ether oxygens (including phenoxy) is 1. The zero-order chi connectivity index (χ0) is 25.2. The molecule has 2 heterocycles. The summed E-state index contributed by atoms with van der Waals surface area (Å²) in [5.74, 6) is -0.626. The lowest BCUT2D eigenvalue weighted by Crippen LogP contribution is -2.55. The average Bonchev–Trinajstić information content (AvgIpc) is 2.92. The zero-order valence-electron chi connectivity index (χ0n) is 20.8. The van der Waals surface area contributed by atoms with Gasteiger partial charge >= 0.3 is 0 Å². The van der Waals surface area contributed by atoms with E-state index in [0.717, 1.165) is 11.1 Å². The molecule has 0 aliphatic carbocycles. The number of hydrogen-bond acceptors (Lipinski definition) is 4. The Bertz CT molecular complexity index is 1150. The summed E-state index contributed by atoms with van der Waals surface area (Å²) in [6, 6.07) is 13.1. The van der Waals surface area contributed by atoms with Gasteiger partial charge in [0.2, 0.25) is 11.8 Å². The molecule has 1 fully saturated rings. The van der Waals surface area contributed by atoms with Gasteiger partial charge in [0.1, 0.15) is 12.6 Å². The maximum Gasteiger partial charge on any atom is 0.256 e. The molecule has 0 spiro atoms. The molecule has 1 saturated heterocycles. The number of methoxy groups -OCH3 is 1. The second-order valence-electron chi connectivity index (χ2n) is 10.2. The highest BCUT2D eigenvalue weighted by Gasteiger charge is 2.40. The van der Waals surface area contributed by atoms with E-state index >= 15 is 0 Å². The van der Waals surface area contributed by atoms with Gasteiger partial charge in [-0.15, -0.1) is 0 Å². The van der Waals surface area contributed by atoms with E-state index in [4.69, 9.17) is 4.74 Å². The largest absolute Gasteiger partial charge is 0.375 e. The summed E-state index contributed by atoms with van der Waals surface area (Å²) in [4.78, 5) is 39.9. The molecule has 0 aromatic heterocycles. The fraction of sp³-hybridized carbons (Fsp3) is 0.393. The predicted octanol–water partition coefficient (Wildman–Crippen LogP) is 3.84. The number of piperidine rings is 1. The normalized spacial score (nSPS) is 20.2. The Morgan fingerprint density at radius 3 is 2.49 bits per heavy atom. The number of nitrogens with one attached hydrogen (secondary N) is 2. The standard InChI is InChI=1S/C28H33N3O4/c1-28(2,3)20-10-7-18(8-11-20)5-6-19-9-12-23-22(15-19)27(34)31-14-13-21(29-25(32)17-35-4)16-24(31)26(33)30-23/h5-12,15,21,24H,13-14,16-17H2,1-4H3,(H,29,32)(H,30,33)/t21-,24-/m0/s1. The summed E-state index contributed by atoms with van der Waals surface area (Å²) in [6.45, 7) is 6.93. The quantitative estimate of drug-likeness (QED) is 0.643. The molecule has 2 aromatic rings. The molecule has 184 valence electrons. The summed E-state index contributed by atoms with van der Waals surface area (Å²) < 4.78 is 4.87.